The van der Waals surface area contributed by atoms with Crippen LogP contribution in [0.25, 0.3) is 0 Å². The molecule has 0 amide bonds. The minimum Gasteiger partial charge on any atom is -0.380 e. The van der Waals surface area contributed by atoms with Gasteiger partial charge in [0.25, 0.3) is 0 Å². The van der Waals surface area contributed by atoms with Crippen molar-refractivity contribution >= 4 is 11.9 Å². The number of aliphatic imine (C=N–C) groups is 1. The first-order chi connectivity index (χ1) is 9.20. The molecule has 0 aliphatic rings. The van der Waals surface area contributed by atoms with Crippen LogP contribution in [0, 0.1) is 13.8 Å². The number of hydrogen-bond donors (Lipinski definition) is 0. The predicted molar refractivity (Wildman–Crippen MR) is 80.3 cm³/mol. The number of hydrogen-bond acceptors (Lipinski definition) is 2. The zero-order chi connectivity index (χ0) is 13.7. The fourth-order valence-electron chi connectivity index (χ4n) is 2.02. The molecule has 0 radical (unpaired) electrons. The molecule has 0 aliphatic heterocycles. The molecule has 98 valence electrons. The van der Waals surface area contributed by atoms with E-state index >= 15 is 0 Å². The average Bonchev–Trinajstić information content (AvgIpc) is 2.42. The third-order valence-electron chi connectivity index (χ3n) is 3.13. The SMILES string of the molecule is COCc1cc(C=Nc2ccccc2)c(C)cc1C. The molecule has 2 aromatic rings. The van der Waals surface area contributed by atoms with Crippen LogP contribution in [0.2, 0.25) is 0 Å². The molecular formula is C17H19NO. The van der Waals surface area contributed by atoms with Gasteiger partial charge >= 0.3 is 0 Å². The molecule has 0 aliphatic carbocycles. The monoisotopic (exact) mass is 253 g/mol. The number of nitrogens with zero attached hydrogens (tertiary/aromatic N) is 1. The lowest BCUT2D eigenvalue weighted by Crippen LogP contribution is -1.97. The van der Waals surface area contributed by atoms with E-state index in [0.717, 1.165) is 11.3 Å². The summed E-state index contributed by atoms with van der Waals surface area (Å²) in [6.07, 6.45) is 1.92. The molecule has 0 bridgehead atoms. The minimum atomic E-state index is 0.637. The number of para-hydroxylation sites is 1. The average molecular weight is 253 g/mol. The molecule has 0 N–H and O–H groups in total. The van der Waals surface area contributed by atoms with Crippen LogP contribution in [-0.4, -0.2) is 13.3 Å². The molecule has 0 heterocycles. The molecule has 2 aromatic carbocycles. The summed E-state index contributed by atoms with van der Waals surface area (Å²) < 4.78 is 5.22. The van der Waals surface area contributed by atoms with Gasteiger partial charge in [0.15, 0.2) is 0 Å². The van der Waals surface area contributed by atoms with E-state index in [1.165, 1.54) is 16.7 Å². The standard InChI is InChI=1S/C17H19NO/c1-13-9-14(2)16(12-19-3)10-15(13)11-18-17-7-5-4-6-8-17/h4-11H,12H2,1-3H3. The molecule has 0 fully saturated rings. The number of aryl methyl sites for hydroxylation is 2. The van der Waals surface area contributed by atoms with Crippen LogP contribution in [0.15, 0.2) is 47.5 Å². The van der Waals surface area contributed by atoms with E-state index in [0.29, 0.717) is 6.61 Å². The van der Waals surface area contributed by atoms with Crippen molar-refractivity contribution in [3.05, 3.63) is 64.7 Å². The summed E-state index contributed by atoms with van der Waals surface area (Å²) in [5.74, 6) is 0. The van der Waals surface area contributed by atoms with E-state index < -0.39 is 0 Å². The Hall–Kier alpha value is -1.93. The van der Waals surface area contributed by atoms with E-state index in [9.17, 15) is 0 Å². The number of rotatable bonds is 4. The Morgan fingerprint density at radius 2 is 1.79 bits per heavy atom. The highest BCUT2D eigenvalue weighted by molar-refractivity contribution is 5.84. The summed E-state index contributed by atoms with van der Waals surface area (Å²) >= 11 is 0. The Morgan fingerprint density at radius 1 is 1.05 bits per heavy atom. The summed E-state index contributed by atoms with van der Waals surface area (Å²) in [5.41, 5.74) is 5.81. The zero-order valence-electron chi connectivity index (χ0n) is 11.7. The molecule has 0 aromatic heterocycles. The molecule has 2 heteroatoms. The summed E-state index contributed by atoms with van der Waals surface area (Å²) in [6, 6.07) is 14.3. The Morgan fingerprint density at radius 3 is 2.47 bits per heavy atom. The van der Waals surface area contributed by atoms with Gasteiger partial charge in [0, 0.05) is 13.3 Å². The highest BCUT2D eigenvalue weighted by atomic mass is 16.5. The van der Waals surface area contributed by atoms with Crippen LogP contribution in [-0.2, 0) is 11.3 Å². The first-order valence-electron chi connectivity index (χ1n) is 6.39. The second-order valence-corrected chi connectivity index (χ2v) is 4.66. The number of benzene rings is 2. The van der Waals surface area contributed by atoms with Crippen molar-refractivity contribution in [3.8, 4) is 0 Å². The van der Waals surface area contributed by atoms with E-state index in [4.69, 9.17) is 4.74 Å². The number of methoxy groups -OCH3 is 1. The molecule has 0 atom stereocenters. The molecule has 2 nitrogen and oxygen atoms in total. The lowest BCUT2D eigenvalue weighted by Gasteiger charge is -2.09. The first-order valence-corrected chi connectivity index (χ1v) is 6.39. The van der Waals surface area contributed by atoms with E-state index in [2.05, 4.69) is 31.0 Å². The second-order valence-electron chi connectivity index (χ2n) is 4.66. The van der Waals surface area contributed by atoms with Crippen LogP contribution >= 0.6 is 0 Å². The van der Waals surface area contributed by atoms with Gasteiger partial charge in [0.1, 0.15) is 0 Å². The summed E-state index contributed by atoms with van der Waals surface area (Å²) in [5, 5.41) is 0. The van der Waals surface area contributed by atoms with Gasteiger partial charge in [-0.25, -0.2) is 0 Å². The Bertz CT molecular complexity index is 573. The maximum Gasteiger partial charge on any atom is 0.0715 e. The molecule has 19 heavy (non-hydrogen) atoms. The molecular weight excluding hydrogens is 234 g/mol. The summed E-state index contributed by atoms with van der Waals surface area (Å²) in [6.45, 7) is 4.85. The van der Waals surface area contributed by atoms with Crippen molar-refractivity contribution in [1.29, 1.82) is 0 Å². The van der Waals surface area contributed by atoms with E-state index in [-0.39, 0.29) is 0 Å². The van der Waals surface area contributed by atoms with Crippen LogP contribution in [0.4, 0.5) is 5.69 Å². The van der Waals surface area contributed by atoms with Gasteiger partial charge in [-0.2, -0.15) is 0 Å². The lowest BCUT2D eigenvalue weighted by molar-refractivity contribution is 0.184. The molecule has 2 rings (SSSR count). The van der Waals surface area contributed by atoms with Gasteiger partial charge in [-0.15, -0.1) is 0 Å². The minimum absolute atomic E-state index is 0.637. The van der Waals surface area contributed by atoms with Crippen molar-refractivity contribution in [2.24, 2.45) is 4.99 Å². The normalized spacial score (nSPS) is 11.1. The second kappa shape index (κ2) is 6.30. The zero-order valence-corrected chi connectivity index (χ0v) is 11.7. The van der Waals surface area contributed by atoms with E-state index in [1.54, 1.807) is 7.11 Å². The molecule has 0 spiro atoms. The Kier molecular flexibility index (Phi) is 4.48. The fraction of sp³-hybridized carbons (Fsp3) is 0.235. The van der Waals surface area contributed by atoms with Gasteiger partial charge in [0.2, 0.25) is 0 Å². The highest BCUT2D eigenvalue weighted by Gasteiger charge is 2.03. The van der Waals surface area contributed by atoms with E-state index in [1.807, 2.05) is 36.5 Å². The Balaban J connectivity index is 2.29. The Labute approximate surface area is 114 Å². The van der Waals surface area contributed by atoms with Gasteiger partial charge < -0.3 is 4.74 Å². The first kappa shape index (κ1) is 13.5. The van der Waals surface area contributed by atoms with Crippen LogP contribution in [0.3, 0.4) is 0 Å². The van der Waals surface area contributed by atoms with Crippen molar-refractivity contribution in [1.82, 2.24) is 0 Å². The maximum atomic E-state index is 5.22. The number of ether oxygens (including phenoxy) is 1. The smallest absolute Gasteiger partial charge is 0.0715 e. The third-order valence-corrected chi connectivity index (χ3v) is 3.13. The van der Waals surface area contributed by atoms with Gasteiger partial charge in [-0.05, 0) is 54.3 Å². The summed E-state index contributed by atoms with van der Waals surface area (Å²) in [4.78, 5) is 4.50. The fourth-order valence-corrected chi connectivity index (χ4v) is 2.02. The van der Waals surface area contributed by atoms with Crippen molar-refractivity contribution in [3.63, 3.8) is 0 Å². The molecule has 0 unspecified atom stereocenters. The van der Waals surface area contributed by atoms with Crippen molar-refractivity contribution in [2.75, 3.05) is 7.11 Å². The van der Waals surface area contributed by atoms with Gasteiger partial charge in [-0.1, -0.05) is 24.3 Å². The third kappa shape index (κ3) is 3.52. The molecule has 0 saturated heterocycles. The van der Waals surface area contributed by atoms with Gasteiger partial charge in [0.05, 0.1) is 12.3 Å². The lowest BCUT2D eigenvalue weighted by atomic mass is 10.0. The van der Waals surface area contributed by atoms with Gasteiger partial charge in [-0.3, -0.25) is 4.99 Å². The largest absolute Gasteiger partial charge is 0.380 e. The van der Waals surface area contributed by atoms with Crippen molar-refractivity contribution in [2.45, 2.75) is 20.5 Å². The quantitative estimate of drug-likeness (QED) is 0.748. The maximum absolute atomic E-state index is 5.22. The van der Waals surface area contributed by atoms with Crippen molar-refractivity contribution < 1.29 is 4.74 Å². The van der Waals surface area contributed by atoms with Crippen LogP contribution in [0.5, 0.6) is 0 Å². The highest BCUT2D eigenvalue weighted by Crippen LogP contribution is 2.17. The van der Waals surface area contributed by atoms with Crippen LogP contribution in [0.1, 0.15) is 22.3 Å². The summed E-state index contributed by atoms with van der Waals surface area (Å²) in [7, 11) is 1.72. The topological polar surface area (TPSA) is 21.6 Å². The van der Waals surface area contributed by atoms with Crippen LogP contribution < -0.4 is 0 Å². The molecule has 0 saturated carbocycles. The predicted octanol–water partition coefficient (Wildman–Crippen LogP) is 4.20.